The quantitative estimate of drug-likeness (QED) is 0.714. The van der Waals surface area contributed by atoms with Gasteiger partial charge in [0.1, 0.15) is 0 Å². The first kappa shape index (κ1) is 17.2. The van der Waals surface area contributed by atoms with E-state index in [0.29, 0.717) is 9.47 Å². The molecule has 0 saturated carbocycles. The summed E-state index contributed by atoms with van der Waals surface area (Å²) < 4.78 is 0.628. The zero-order valence-corrected chi connectivity index (χ0v) is 14.5. The fourth-order valence-corrected chi connectivity index (χ4v) is 3.59. The number of amides is 3. The van der Waals surface area contributed by atoms with Crippen LogP contribution in [0, 0.1) is 13.8 Å². The molecule has 2 rings (SSSR count). The van der Waals surface area contributed by atoms with Gasteiger partial charge < -0.3 is 11.1 Å². The molecule has 0 bridgehead atoms. The Labute approximate surface area is 142 Å². The molecule has 0 fully saturated rings. The number of hydrogen-bond acceptors (Lipinski definition) is 7. The van der Waals surface area contributed by atoms with Gasteiger partial charge in [0.05, 0.1) is 5.25 Å². The van der Waals surface area contributed by atoms with Crippen molar-refractivity contribution in [2.75, 3.05) is 5.32 Å². The monoisotopic (exact) mass is 351 g/mol. The second-order valence-electron chi connectivity index (χ2n) is 4.91. The van der Waals surface area contributed by atoms with E-state index in [0.717, 1.165) is 5.69 Å². The van der Waals surface area contributed by atoms with E-state index < -0.39 is 17.2 Å². The van der Waals surface area contributed by atoms with Crippen LogP contribution in [0.3, 0.4) is 0 Å². The van der Waals surface area contributed by atoms with E-state index in [1.54, 1.807) is 6.92 Å². The Hall–Kier alpha value is -2.13. The number of imide groups is 1. The van der Waals surface area contributed by atoms with Crippen molar-refractivity contribution in [3.63, 3.8) is 0 Å². The first-order chi connectivity index (χ1) is 10.8. The third-order valence-electron chi connectivity index (χ3n) is 3.06. The Kier molecular flexibility index (Phi) is 5.56. The summed E-state index contributed by atoms with van der Waals surface area (Å²) in [5.74, 6) is -0.457. The summed E-state index contributed by atoms with van der Waals surface area (Å²) in [6, 6.07) is 5.17. The number of thioether (sulfide) groups is 1. The number of hydrogen-bond donors (Lipinski definition) is 3. The van der Waals surface area contributed by atoms with E-state index in [1.165, 1.54) is 34.2 Å². The number of rotatable bonds is 5. The van der Waals surface area contributed by atoms with Crippen molar-refractivity contribution in [3.8, 4) is 0 Å². The van der Waals surface area contributed by atoms with Crippen LogP contribution in [0.2, 0.25) is 0 Å². The minimum Gasteiger partial charge on any atom is -0.351 e. The summed E-state index contributed by atoms with van der Waals surface area (Å²) in [6.07, 6.45) is 0. The Bertz CT molecular complexity index is 732. The first-order valence-corrected chi connectivity index (χ1v) is 8.49. The number of carbonyl (C=O) groups is 2. The molecule has 7 nitrogen and oxygen atoms in total. The van der Waals surface area contributed by atoms with Gasteiger partial charge in [-0.3, -0.25) is 10.1 Å². The normalized spacial score (nSPS) is 11.8. The Morgan fingerprint density at radius 3 is 2.65 bits per heavy atom. The summed E-state index contributed by atoms with van der Waals surface area (Å²) in [5.41, 5.74) is 8.26. The maximum Gasteiger partial charge on any atom is 0.318 e. The molecule has 4 N–H and O–H groups in total. The molecule has 0 spiro atoms. The van der Waals surface area contributed by atoms with Crippen LogP contribution in [0.5, 0.6) is 0 Å². The number of urea groups is 1. The molecule has 23 heavy (non-hydrogen) atoms. The molecule has 1 atom stereocenters. The Morgan fingerprint density at radius 2 is 2.00 bits per heavy atom. The highest BCUT2D eigenvalue weighted by Crippen LogP contribution is 2.30. The second kappa shape index (κ2) is 7.42. The molecule has 0 aliphatic rings. The highest BCUT2D eigenvalue weighted by Gasteiger charge is 2.18. The first-order valence-electron chi connectivity index (χ1n) is 6.80. The fourth-order valence-electron chi connectivity index (χ4n) is 1.68. The van der Waals surface area contributed by atoms with Crippen LogP contribution in [0.1, 0.15) is 18.1 Å². The van der Waals surface area contributed by atoms with Gasteiger partial charge in [-0.15, -0.1) is 10.2 Å². The number of nitrogens with one attached hydrogen (secondary N) is 2. The molecular weight excluding hydrogens is 334 g/mol. The van der Waals surface area contributed by atoms with Gasteiger partial charge in [-0.2, -0.15) is 0 Å². The molecule has 1 heterocycles. The van der Waals surface area contributed by atoms with Crippen molar-refractivity contribution in [2.45, 2.75) is 30.4 Å². The van der Waals surface area contributed by atoms with Crippen LogP contribution in [-0.4, -0.2) is 27.4 Å². The topological polar surface area (TPSA) is 110 Å². The van der Waals surface area contributed by atoms with Crippen LogP contribution in [0.15, 0.2) is 22.5 Å². The van der Waals surface area contributed by atoms with Gasteiger partial charge >= 0.3 is 6.03 Å². The van der Waals surface area contributed by atoms with Crippen molar-refractivity contribution in [2.24, 2.45) is 5.73 Å². The zero-order valence-electron chi connectivity index (χ0n) is 12.9. The summed E-state index contributed by atoms with van der Waals surface area (Å²) >= 11 is 2.55. The van der Waals surface area contributed by atoms with E-state index in [-0.39, 0.29) is 0 Å². The molecule has 1 unspecified atom stereocenters. The summed E-state index contributed by atoms with van der Waals surface area (Å²) in [5, 5.41) is 13.4. The van der Waals surface area contributed by atoms with E-state index >= 15 is 0 Å². The molecule has 0 radical (unpaired) electrons. The third kappa shape index (κ3) is 4.93. The van der Waals surface area contributed by atoms with Gasteiger partial charge in [0.2, 0.25) is 11.0 Å². The van der Waals surface area contributed by atoms with Gasteiger partial charge in [0.25, 0.3) is 0 Å². The Balaban J connectivity index is 1.98. The predicted molar refractivity (Wildman–Crippen MR) is 92.2 cm³/mol. The lowest BCUT2D eigenvalue weighted by Crippen LogP contribution is -2.39. The van der Waals surface area contributed by atoms with Crippen LogP contribution >= 0.6 is 23.1 Å². The second-order valence-corrected chi connectivity index (χ2v) is 7.48. The lowest BCUT2D eigenvalue weighted by molar-refractivity contribution is -0.119. The van der Waals surface area contributed by atoms with Crippen molar-refractivity contribution >= 4 is 45.9 Å². The van der Waals surface area contributed by atoms with Gasteiger partial charge in [-0.05, 0) is 44.0 Å². The molecule has 0 aliphatic carbocycles. The van der Waals surface area contributed by atoms with Crippen molar-refractivity contribution in [1.82, 2.24) is 15.5 Å². The van der Waals surface area contributed by atoms with Crippen molar-refractivity contribution < 1.29 is 9.59 Å². The predicted octanol–water partition coefficient (Wildman–Crippen LogP) is 2.57. The van der Waals surface area contributed by atoms with E-state index in [4.69, 9.17) is 5.73 Å². The maximum atomic E-state index is 11.6. The molecule has 0 aliphatic heterocycles. The van der Waals surface area contributed by atoms with Gasteiger partial charge in [0, 0.05) is 5.69 Å². The number of nitrogens with two attached hydrogens (primary N) is 1. The van der Waals surface area contributed by atoms with Crippen LogP contribution in [-0.2, 0) is 4.79 Å². The standard InChI is InChI=1S/C14H17N5O2S2/c1-7-4-5-10(6-8(7)2)16-13-18-19-14(23-13)22-9(3)11(20)17-12(15)21/h4-6,9H,1-3H3,(H,16,18)(H3,15,17,20,21). The summed E-state index contributed by atoms with van der Waals surface area (Å²) in [6.45, 7) is 5.76. The molecule has 1 aromatic heterocycles. The molecule has 2 aromatic rings. The van der Waals surface area contributed by atoms with E-state index in [9.17, 15) is 9.59 Å². The number of nitrogens with zero attached hydrogens (tertiary/aromatic N) is 2. The molecule has 0 saturated heterocycles. The van der Waals surface area contributed by atoms with Gasteiger partial charge in [-0.25, -0.2) is 4.79 Å². The van der Waals surface area contributed by atoms with Crippen LogP contribution in [0.4, 0.5) is 15.6 Å². The smallest absolute Gasteiger partial charge is 0.318 e. The number of carbonyl (C=O) groups excluding carboxylic acids is 2. The molecule has 3 amide bonds. The SMILES string of the molecule is Cc1ccc(Nc2nnc(SC(C)C(=O)NC(N)=O)s2)cc1C. The lowest BCUT2D eigenvalue weighted by atomic mass is 10.1. The third-order valence-corrected chi connectivity index (χ3v) is 5.08. The highest BCUT2D eigenvalue weighted by atomic mass is 32.2. The molecule has 122 valence electrons. The van der Waals surface area contributed by atoms with Crippen LogP contribution in [0.25, 0.3) is 0 Å². The summed E-state index contributed by atoms with van der Waals surface area (Å²) in [7, 11) is 0. The van der Waals surface area contributed by atoms with Gasteiger partial charge in [0.15, 0.2) is 4.34 Å². The van der Waals surface area contributed by atoms with E-state index in [2.05, 4.69) is 22.4 Å². The number of aromatic nitrogens is 2. The average molecular weight is 351 g/mol. The minimum absolute atomic E-state index is 0.457. The fraction of sp³-hybridized carbons (Fsp3) is 0.286. The number of primary amides is 1. The lowest BCUT2D eigenvalue weighted by Gasteiger charge is -2.07. The maximum absolute atomic E-state index is 11.6. The zero-order chi connectivity index (χ0) is 17.0. The van der Waals surface area contributed by atoms with Crippen molar-refractivity contribution in [1.29, 1.82) is 0 Å². The molecule has 9 heteroatoms. The number of anilines is 2. The van der Waals surface area contributed by atoms with Gasteiger partial charge in [-0.1, -0.05) is 29.2 Å². The van der Waals surface area contributed by atoms with E-state index in [1.807, 2.05) is 30.4 Å². The summed E-state index contributed by atoms with van der Waals surface area (Å²) in [4.78, 5) is 22.3. The molecule has 1 aromatic carbocycles. The Morgan fingerprint density at radius 1 is 1.26 bits per heavy atom. The highest BCUT2D eigenvalue weighted by molar-refractivity contribution is 8.02. The molecular formula is C14H17N5O2S2. The van der Waals surface area contributed by atoms with Crippen molar-refractivity contribution in [3.05, 3.63) is 29.3 Å². The number of benzene rings is 1. The average Bonchev–Trinajstić information content (AvgIpc) is 2.89. The largest absolute Gasteiger partial charge is 0.351 e. The number of aryl methyl sites for hydroxylation is 2. The minimum atomic E-state index is -0.864. The van der Waals surface area contributed by atoms with Crippen LogP contribution < -0.4 is 16.4 Å².